The molecule has 0 saturated carbocycles. The molecule has 1 aromatic carbocycles. The second-order valence-corrected chi connectivity index (χ2v) is 5.83. The fourth-order valence-corrected chi connectivity index (χ4v) is 2.81. The molecule has 0 saturated heterocycles. The van der Waals surface area contributed by atoms with Crippen LogP contribution in [0.2, 0.25) is 0 Å². The third-order valence-electron chi connectivity index (χ3n) is 3.02. The molecule has 94 valence electrons. The average molecular weight is 305 g/mol. The number of rotatable bonds is 3. The maximum Gasteiger partial charge on any atom is 0.0997 e. The van der Waals surface area contributed by atoms with Gasteiger partial charge < -0.3 is 0 Å². The zero-order chi connectivity index (χ0) is 13.9. The monoisotopic (exact) mass is 304 g/mol. The molecule has 0 atom stereocenters. The minimum atomic E-state index is 0.234. The molecule has 18 heavy (non-hydrogen) atoms. The van der Waals surface area contributed by atoms with Crippen LogP contribution in [-0.4, -0.2) is 0 Å². The van der Waals surface area contributed by atoms with Gasteiger partial charge in [-0.15, -0.1) is 0 Å². The molecule has 1 aromatic rings. The standard InChI is InChI=1S/C15H17BrN2/c1-9(2)12-7-14(16)11(5-6-17)15(10(3)4)13(12)8-18/h7,9-10H,5H2,1-4H3. The summed E-state index contributed by atoms with van der Waals surface area (Å²) in [5.74, 6) is 0.530. The van der Waals surface area contributed by atoms with Gasteiger partial charge in [-0.25, -0.2) is 0 Å². The van der Waals surface area contributed by atoms with Crippen LogP contribution in [0.4, 0.5) is 0 Å². The highest BCUT2D eigenvalue weighted by atomic mass is 79.9. The summed E-state index contributed by atoms with van der Waals surface area (Å²) in [5.41, 5.74) is 3.76. The van der Waals surface area contributed by atoms with Crippen LogP contribution >= 0.6 is 15.9 Å². The molecular weight excluding hydrogens is 288 g/mol. The molecule has 0 radical (unpaired) electrons. The molecule has 0 aliphatic rings. The van der Waals surface area contributed by atoms with Gasteiger partial charge in [-0.05, 0) is 34.6 Å². The lowest BCUT2D eigenvalue weighted by molar-refractivity contribution is 0.813. The molecule has 0 aliphatic carbocycles. The Morgan fingerprint density at radius 2 is 1.78 bits per heavy atom. The Bertz CT molecular complexity index is 531. The minimum absolute atomic E-state index is 0.234. The van der Waals surface area contributed by atoms with E-state index in [0.717, 1.165) is 26.7 Å². The highest BCUT2D eigenvalue weighted by molar-refractivity contribution is 9.10. The Morgan fingerprint density at radius 3 is 2.17 bits per heavy atom. The highest BCUT2D eigenvalue weighted by Gasteiger charge is 2.20. The van der Waals surface area contributed by atoms with Gasteiger partial charge >= 0.3 is 0 Å². The second-order valence-electron chi connectivity index (χ2n) is 4.97. The van der Waals surface area contributed by atoms with Crippen LogP contribution in [0.15, 0.2) is 10.5 Å². The van der Waals surface area contributed by atoms with Gasteiger partial charge in [0.1, 0.15) is 0 Å². The normalized spacial score (nSPS) is 10.5. The summed E-state index contributed by atoms with van der Waals surface area (Å²) in [6.07, 6.45) is 0.334. The van der Waals surface area contributed by atoms with Crippen molar-refractivity contribution in [1.29, 1.82) is 10.5 Å². The summed E-state index contributed by atoms with van der Waals surface area (Å²) >= 11 is 3.54. The van der Waals surface area contributed by atoms with Gasteiger partial charge in [0.15, 0.2) is 0 Å². The number of nitriles is 2. The zero-order valence-corrected chi connectivity index (χ0v) is 12.8. The van der Waals surface area contributed by atoms with E-state index in [2.05, 4.69) is 55.8 Å². The number of halogens is 1. The SMILES string of the molecule is CC(C)c1cc(Br)c(CC#N)c(C(C)C)c1C#N. The van der Waals surface area contributed by atoms with E-state index in [1.165, 1.54) is 0 Å². The zero-order valence-electron chi connectivity index (χ0n) is 11.2. The molecule has 0 aliphatic heterocycles. The summed E-state index contributed by atoms with van der Waals surface area (Å²) in [5, 5.41) is 18.4. The summed E-state index contributed by atoms with van der Waals surface area (Å²) in [6, 6.07) is 6.49. The van der Waals surface area contributed by atoms with Crippen molar-refractivity contribution in [3.05, 3.63) is 32.8 Å². The van der Waals surface area contributed by atoms with Crippen molar-refractivity contribution in [2.45, 2.75) is 46.0 Å². The lowest BCUT2D eigenvalue weighted by Gasteiger charge is -2.19. The largest absolute Gasteiger partial charge is 0.198 e. The predicted molar refractivity (Wildman–Crippen MR) is 76.4 cm³/mol. The summed E-state index contributed by atoms with van der Waals surface area (Å²) in [6.45, 7) is 8.29. The third kappa shape index (κ3) is 2.74. The van der Waals surface area contributed by atoms with Crippen molar-refractivity contribution in [3.8, 4) is 12.1 Å². The Hall–Kier alpha value is -1.32. The maximum atomic E-state index is 9.43. The molecule has 0 aromatic heterocycles. The first-order valence-corrected chi connectivity index (χ1v) is 6.85. The predicted octanol–water partition coefficient (Wildman–Crippen LogP) is 4.63. The molecule has 0 heterocycles. The second kappa shape index (κ2) is 6.03. The van der Waals surface area contributed by atoms with E-state index < -0.39 is 0 Å². The maximum absolute atomic E-state index is 9.43. The van der Waals surface area contributed by atoms with E-state index in [-0.39, 0.29) is 5.92 Å². The van der Waals surface area contributed by atoms with E-state index in [9.17, 15) is 5.26 Å². The number of hydrogen-bond donors (Lipinski definition) is 0. The molecule has 0 fully saturated rings. The Kier molecular flexibility index (Phi) is 4.93. The molecule has 3 heteroatoms. The van der Waals surface area contributed by atoms with Crippen molar-refractivity contribution in [2.75, 3.05) is 0 Å². The van der Waals surface area contributed by atoms with Gasteiger partial charge in [0.2, 0.25) is 0 Å². The first kappa shape index (κ1) is 14.7. The molecule has 0 N–H and O–H groups in total. The molecule has 0 amide bonds. The lowest BCUT2D eigenvalue weighted by atomic mass is 9.85. The third-order valence-corrected chi connectivity index (χ3v) is 3.73. The van der Waals surface area contributed by atoms with Crippen LogP contribution in [0, 0.1) is 22.7 Å². The van der Waals surface area contributed by atoms with Crippen molar-refractivity contribution in [1.82, 2.24) is 0 Å². The molecule has 0 bridgehead atoms. The molecule has 2 nitrogen and oxygen atoms in total. The quantitative estimate of drug-likeness (QED) is 0.817. The van der Waals surface area contributed by atoms with Crippen LogP contribution in [0.5, 0.6) is 0 Å². The Labute approximate surface area is 117 Å². The van der Waals surface area contributed by atoms with E-state index in [0.29, 0.717) is 12.3 Å². The van der Waals surface area contributed by atoms with Crippen molar-refractivity contribution >= 4 is 15.9 Å². The number of hydrogen-bond acceptors (Lipinski definition) is 2. The minimum Gasteiger partial charge on any atom is -0.198 e. The van der Waals surface area contributed by atoms with Crippen LogP contribution in [0.25, 0.3) is 0 Å². The van der Waals surface area contributed by atoms with E-state index >= 15 is 0 Å². The Balaban J connectivity index is 3.69. The van der Waals surface area contributed by atoms with E-state index in [4.69, 9.17) is 5.26 Å². The van der Waals surface area contributed by atoms with Crippen LogP contribution in [0.1, 0.15) is 61.8 Å². The number of benzene rings is 1. The summed E-state index contributed by atoms with van der Waals surface area (Å²) in [4.78, 5) is 0. The van der Waals surface area contributed by atoms with Crippen LogP contribution < -0.4 is 0 Å². The summed E-state index contributed by atoms with van der Waals surface area (Å²) in [7, 11) is 0. The van der Waals surface area contributed by atoms with Gasteiger partial charge in [0, 0.05) is 4.47 Å². The Morgan fingerprint density at radius 1 is 1.17 bits per heavy atom. The highest BCUT2D eigenvalue weighted by Crippen LogP contribution is 2.35. The smallest absolute Gasteiger partial charge is 0.0997 e. The van der Waals surface area contributed by atoms with Gasteiger partial charge in [-0.2, -0.15) is 10.5 Å². The van der Waals surface area contributed by atoms with Gasteiger partial charge in [-0.1, -0.05) is 43.6 Å². The fraction of sp³-hybridized carbons (Fsp3) is 0.467. The molecular formula is C15H17BrN2. The molecule has 1 rings (SSSR count). The molecule has 0 spiro atoms. The fourth-order valence-electron chi connectivity index (χ4n) is 2.21. The van der Waals surface area contributed by atoms with Crippen LogP contribution in [0.3, 0.4) is 0 Å². The van der Waals surface area contributed by atoms with Crippen molar-refractivity contribution < 1.29 is 0 Å². The first-order valence-electron chi connectivity index (χ1n) is 6.06. The van der Waals surface area contributed by atoms with Gasteiger partial charge in [0.25, 0.3) is 0 Å². The van der Waals surface area contributed by atoms with Gasteiger partial charge in [-0.3, -0.25) is 0 Å². The van der Waals surface area contributed by atoms with Crippen molar-refractivity contribution in [2.24, 2.45) is 0 Å². The summed E-state index contributed by atoms with van der Waals surface area (Å²) < 4.78 is 0.940. The average Bonchev–Trinajstić information content (AvgIpc) is 2.30. The number of nitrogens with zero attached hydrogens (tertiary/aromatic N) is 2. The van der Waals surface area contributed by atoms with Crippen LogP contribution in [-0.2, 0) is 6.42 Å². The topological polar surface area (TPSA) is 47.6 Å². The lowest BCUT2D eigenvalue weighted by Crippen LogP contribution is -2.06. The molecule has 0 unspecified atom stereocenters. The van der Waals surface area contributed by atoms with Crippen molar-refractivity contribution in [3.63, 3.8) is 0 Å². The van der Waals surface area contributed by atoms with E-state index in [1.54, 1.807) is 0 Å². The van der Waals surface area contributed by atoms with E-state index in [1.807, 2.05) is 6.07 Å². The van der Waals surface area contributed by atoms with Gasteiger partial charge in [0.05, 0.1) is 24.1 Å². The first-order chi connectivity index (χ1) is 8.43.